The molecule has 1 aliphatic heterocycles. The van der Waals surface area contributed by atoms with Crippen LogP contribution in [0.25, 0.3) is 0 Å². The first-order valence-electron chi connectivity index (χ1n) is 18.6. The van der Waals surface area contributed by atoms with E-state index in [0.29, 0.717) is 29.1 Å². The maximum Gasteiger partial charge on any atom is 0.423 e. The molecule has 3 aliphatic carbocycles. The van der Waals surface area contributed by atoms with Gasteiger partial charge in [-0.15, -0.1) is 0 Å². The van der Waals surface area contributed by atoms with Gasteiger partial charge in [0.15, 0.2) is 0 Å². The molecule has 3 fully saturated rings. The third-order valence-electron chi connectivity index (χ3n) is 11.3. The van der Waals surface area contributed by atoms with Gasteiger partial charge in [-0.3, -0.25) is 9.69 Å². The lowest BCUT2D eigenvalue weighted by atomic mass is 9.89. The quantitative estimate of drug-likeness (QED) is 0.252. The van der Waals surface area contributed by atoms with Crippen LogP contribution in [0.4, 0.5) is 24.8 Å². The third kappa shape index (κ3) is 8.77. The molecule has 0 bridgehead atoms. The van der Waals surface area contributed by atoms with Crippen LogP contribution < -0.4 is 20.1 Å². The Morgan fingerprint density at radius 2 is 1.74 bits per heavy atom. The van der Waals surface area contributed by atoms with Crippen LogP contribution in [0.5, 0.6) is 11.6 Å². The smallest absolute Gasteiger partial charge is 0.423 e. The molecular formula is C38H48F3N7O5S. The summed E-state index contributed by atoms with van der Waals surface area (Å²) in [7, 11) is -0.942. The number of fused-ring (bicyclic) bond motifs is 1. The van der Waals surface area contributed by atoms with Gasteiger partial charge < -0.3 is 25.0 Å². The Labute approximate surface area is 314 Å². The average molecular weight is 772 g/mol. The number of nitrogens with one attached hydrogen (secondary N) is 2. The number of anilines is 2. The van der Waals surface area contributed by atoms with E-state index in [1.807, 2.05) is 0 Å². The Morgan fingerprint density at radius 1 is 1.02 bits per heavy atom. The van der Waals surface area contributed by atoms with Crippen molar-refractivity contribution < 1.29 is 35.9 Å². The van der Waals surface area contributed by atoms with Crippen LogP contribution in [0.3, 0.4) is 0 Å². The summed E-state index contributed by atoms with van der Waals surface area (Å²) in [6.45, 7) is 5.75. The molecule has 54 heavy (non-hydrogen) atoms. The summed E-state index contributed by atoms with van der Waals surface area (Å²) in [5.41, 5.74) is 0.902. The van der Waals surface area contributed by atoms with Gasteiger partial charge in [0, 0.05) is 70.0 Å². The summed E-state index contributed by atoms with van der Waals surface area (Å²) in [5.74, 6) is -0.00740. The Balaban J connectivity index is 1.00. The molecule has 2 atom stereocenters. The number of rotatable bonds is 12. The molecule has 7 rings (SSSR count). The van der Waals surface area contributed by atoms with E-state index < -0.39 is 39.8 Å². The van der Waals surface area contributed by atoms with Gasteiger partial charge in [-0.05, 0) is 73.8 Å². The molecule has 16 heteroatoms. The van der Waals surface area contributed by atoms with Crippen molar-refractivity contribution in [3.8, 4) is 11.6 Å². The minimum absolute atomic E-state index is 0.0668. The van der Waals surface area contributed by atoms with Crippen molar-refractivity contribution in [3.05, 3.63) is 70.9 Å². The van der Waals surface area contributed by atoms with E-state index in [9.17, 15) is 26.4 Å². The van der Waals surface area contributed by atoms with Gasteiger partial charge in [-0.1, -0.05) is 24.3 Å². The molecule has 3 aromatic rings. The first kappa shape index (κ1) is 38.3. The molecule has 1 amide bonds. The summed E-state index contributed by atoms with van der Waals surface area (Å²) < 4.78 is 80.3. The third-order valence-corrected chi connectivity index (χ3v) is 12.5. The highest BCUT2D eigenvalue weighted by Crippen LogP contribution is 2.42. The van der Waals surface area contributed by atoms with Gasteiger partial charge >= 0.3 is 6.18 Å². The fourth-order valence-electron chi connectivity index (χ4n) is 8.02. The van der Waals surface area contributed by atoms with Gasteiger partial charge in [0.05, 0.1) is 25.1 Å². The molecule has 4 aliphatic rings. The van der Waals surface area contributed by atoms with Crippen LogP contribution >= 0.6 is 0 Å². The first-order chi connectivity index (χ1) is 25.8. The maximum absolute atomic E-state index is 14.2. The van der Waals surface area contributed by atoms with Crippen LogP contribution in [0.1, 0.15) is 71.6 Å². The Morgan fingerprint density at radius 3 is 2.41 bits per heavy atom. The molecule has 2 aromatic carbocycles. The number of piperazine rings is 1. The highest BCUT2D eigenvalue weighted by molar-refractivity contribution is 7.88. The van der Waals surface area contributed by atoms with Crippen LogP contribution in [0.2, 0.25) is 0 Å². The van der Waals surface area contributed by atoms with E-state index >= 15 is 0 Å². The summed E-state index contributed by atoms with van der Waals surface area (Å²) in [4.78, 5) is 26.6. The normalized spacial score (nSPS) is 23.9. The molecule has 0 unspecified atom stereocenters. The number of amides is 1. The zero-order valence-corrected chi connectivity index (χ0v) is 31.6. The van der Waals surface area contributed by atoms with Crippen LogP contribution in [-0.4, -0.2) is 110 Å². The van der Waals surface area contributed by atoms with E-state index in [1.54, 1.807) is 42.5 Å². The first-order valence-corrected chi connectivity index (χ1v) is 20.5. The zero-order valence-electron chi connectivity index (χ0n) is 30.8. The highest BCUT2D eigenvalue weighted by Gasteiger charge is 2.43. The van der Waals surface area contributed by atoms with Crippen molar-refractivity contribution in [2.75, 3.05) is 58.5 Å². The zero-order chi connectivity index (χ0) is 38.2. The van der Waals surface area contributed by atoms with Crippen molar-refractivity contribution >= 4 is 27.6 Å². The molecule has 292 valence electrons. The number of halogens is 3. The highest BCUT2D eigenvalue weighted by atomic mass is 32.2. The standard InChI is InChI=1S/C38H48F3N7O5S/c1-46(54(3,50)51)34-29-7-5-4-6-25(29)20-33(34)53-36-30(38(39,40)41)22-42-37(45-36)44-31-15-10-26(21-32(31)52-2)35(49)43-27-11-13-28(14-12-27)48-18-16-47(17-19-48)23-24-8-9-24/h4-7,10,15,21-22,24,27-28,33-34H,8-9,11-14,16-20,23H2,1-3H3,(H,43,49)(H,42,44,45)/t27-,28-,33-,34-/m1/s1. The van der Waals surface area contributed by atoms with Crippen LogP contribution in [-0.2, 0) is 22.6 Å². The number of aromatic nitrogens is 2. The van der Waals surface area contributed by atoms with E-state index in [2.05, 4.69) is 30.4 Å². The number of nitrogens with zero attached hydrogens (tertiary/aromatic N) is 5. The second-order valence-corrected chi connectivity index (χ2v) is 17.0. The van der Waals surface area contributed by atoms with Crippen molar-refractivity contribution in [2.24, 2.45) is 5.92 Å². The number of carbonyl (C=O) groups excluding carboxylic acids is 1. The van der Waals surface area contributed by atoms with Crippen molar-refractivity contribution in [3.63, 3.8) is 0 Å². The number of carbonyl (C=O) groups is 1. The lowest BCUT2D eigenvalue weighted by Gasteiger charge is -2.42. The summed E-state index contributed by atoms with van der Waals surface area (Å²) in [6.07, 6.45) is 2.63. The molecule has 1 saturated heterocycles. The predicted octanol–water partition coefficient (Wildman–Crippen LogP) is 5.25. The Hall–Kier alpha value is -3.99. The van der Waals surface area contributed by atoms with Crippen molar-refractivity contribution in [1.29, 1.82) is 0 Å². The number of alkyl halides is 3. The number of hydrogen-bond donors (Lipinski definition) is 2. The average Bonchev–Trinajstić information content (AvgIpc) is 3.89. The fourth-order valence-corrected chi connectivity index (χ4v) is 8.68. The fraction of sp³-hybridized carbons (Fsp3) is 0.553. The number of benzene rings is 2. The van der Waals surface area contributed by atoms with E-state index in [4.69, 9.17) is 9.47 Å². The minimum Gasteiger partial charge on any atom is -0.495 e. The number of methoxy groups -OCH3 is 1. The molecular weight excluding hydrogens is 724 g/mol. The minimum atomic E-state index is -4.85. The molecule has 0 spiro atoms. The second kappa shape index (κ2) is 15.6. The summed E-state index contributed by atoms with van der Waals surface area (Å²) in [6, 6.07) is 11.5. The Kier molecular flexibility index (Phi) is 11.1. The lowest BCUT2D eigenvalue weighted by Crippen LogP contribution is -2.52. The van der Waals surface area contributed by atoms with Gasteiger partial charge in [0.1, 0.15) is 17.4 Å². The van der Waals surface area contributed by atoms with Crippen LogP contribution in [0, 0.1) is 5.92 Å². The molecule has 2 N–H and O–H groups in total. The summed E-state index contributed by atoms with van der Waals surface area (Å²) in [5, 5.41) is 6.07. The number of sulfonamides is 1. The van der Waals surface area contributed by atoms with E-state index in [0.717, 1.165) is 73.9 Å². The van der Waals surface area contributed by atoms with Gasteiger partial charge in [0.25, 0.3) is 5.91 Å². The number of hydrogen-bond acceptors (Lipinski definition) is 10. The van der Waals surface area contributed by atoms with Gasteiger partial charge in [-0.2, -0.15) is 22.5 Å². The van der Waals surface area contributed by atoms with Crippen molar-refractivity contribution in [2.45, 2.75) is 75.4 Å². The van der Waals surface area contributed by atoms with E-state index in [1.165, 1.54) is 33.5 Å². The molecule has 2 saturated carbocycles. The SMILES string of the molecule is COc1cc(C(=O)N[C@H]2CC[C@H](N3CCN(CC4CC4)CC3)CC2)ccc1Nc1ncc(C(F)(F)F)c(O[C@@H]2Cc3ccccc3[C@H]2N(C)S(C)(=O)=O)n1. The van der Waals surface area contributed by atoms with Crippen LogP contribution in [0.15, 0.2) is 48.7 Å². The molecule has 2 heterocycles. The van der Waals surface area contributed by atoms with Crippen molar-refractivity contribution in [1.82, 2.24) is 29.4 Å². The second-order valence-electron chi connectivity index (χ2n) is 15.0. The lowest BCUT2D eigenvalue weighted by molar-refractivity contribution is -0.140. The largest absolute Gasteiger partial charge is 0.495 e. The topological polar surface area (TPSA) is 129 Å². The maximum atomic E-state index is 14.2. The number of ether oxygens (including phenoxy) is 2. The molecule has 12 nitrogen and oxygen atoms in total. The Bertz CT molecular complexity index is 1930. The molecule has 0 radical (unpaired) electrons. The monoisotopic (exact) mass is 771 g/mol. The van der Waals surface area contributed by atoms with E-state index in [-0.39, 0.29) is 30.1 Å². The van der Waals surface area contributed by atoms with Gasteiger partial charge in [-0.25, -0.2) is 13.4 Å². The summed E-state index contributed by atoms with van der Waals surface area (Å²) >= 11 is 0. The number of likely N-dealkylation sites (N-methyl/N-ethyl adjacent to an activating group) is 1. The predicted molar refractivity (Wildman–Crippen MR) is 197 cm³/mol. The van der Waals surface area contributed by atoms with Gasteiger partial charge in [0.2, 0.25) is 21.9 Å². The molecule has 1 aromatic heterocycles.